The Balaban J connectivity index is 2.09. The van der Waals surface area contributed by atoms with Gasteiger partial charge in [0, 0.05) is 24.4 Å². The summed E-state index contributed by atoms with van der Waals surface area (Å²) in [6, 6.07) is 10.2. The van der Waals surface area contributed by atoms with Crippen molar-refractivity contribution >= 4 is 11.4 Å². The summed E-state index contributed by atoms with van der Waals surface area (Å²) in [5.74, 6) is 0. The fourth-order valence-electron chi connectivity index (χ4n) is 2.02. The Morgan fingerprint density at radius 3 is 2.68 bits per heavy atom. The topological polar surface area (TPSA) is 50.9 Å². The number of hydrogen-bond acceptors (Lipinski definition) is 3. The van der Waals surface area contributed by atoms with E-state index < -0.39 is 0 Å². The van der Waals surface area contributed by atoms with E-state index in [0.717, 1.165) is 17.9 Å². The molecule has 0 spiro atoms. The number of benzene rings is 1. The summed E-state index contributed by atoms with van der Waals surface area (Å²) in [5, 5.41) is 3.43. The van der Waals surface area contributed by atoms with E-state index in [-0.39, 0.29) is 5.41 Å². The van der Waals surface area contributed by atoms with Crippen LogP contribution in [0.3, 0.4) is 0 Å². The fraction of sp³-hybridized carbons (Fsp3) is 0.312. The summed E-state index contributed by atoms with van der Waals surface area (Å²) in [4.78, 5) is 4.18. The lowest BCUT2D eigenvalue weighted by atomic mass is 9.85. The van der Waals surface area contributed by atoms with Crippen molar-refractivity contribution in [2.24, 2.45) is 0 Å². The maximum absolute atomic E-state index is 6.01. The number of nitrogen functional groups attached to an aromatic ring is 1. The number of pyridine rings is 1. The van der Waals surface area contributed by atoms with Gasteiger partial charge in [-0.2, -0.15) is 0 Å². The lowest BCUT2D eigenvalue weighted by Gasteiger charge is -2.26. The molecule has 0 fully saturated rings. The molecule has 0 aliphatic heterocycles. The number of hydrogen-bond donors (Lipinski definition) is 2. The van der Waals surface area contributed by atoms with Gasteiger partial charge in [0.15, 0.2) is 0 Å². The Hall–Kier alpha value is -2.03. The summed E-state index contributed by atoms with van der Waals surface area (Å²) in [5.41, 5.74) is 10.2. The molecular formula is C16H21N3. The van der Waals surface area contributed by atoms with E-state index in [1.165, 1.54) is 11.1 Å². The Morgan fingerprint density at radius 1 is 1.26 bits per heavy atom. The SMILES string of the molecule is Cc1ccc(NCC(C)(C)c2cccnc2)c(N)c1. The van der Waals surface area contributed by atoms with Gasteiger partial charge in [0.1, 0.15) is 0 Å². The summed E-state index contributed by atoms with van der Waals surface area (Å²) < 4.78 is 0. The first kappa shape index (κ1) is 13.4. The average Bonchev–Trinajstić information content (AvgIpc) is 2.39. The second-order valence-electron chi connectivity index (χ2n) is 5.57. The molecule has 1 aromatic carbocycles. The van der Waals surface area contributed by atoms with Crippen LogP contribution in [0.4, 0.5) is 11.4 Å². The molecule has 0 saturated carbocycles. The van der Waals surface area contributed by atoms with E-state index in [9.17, 15) is 0 Å². The van der Waals surface area contributed by atoms with Crippen LogP contribution in [0.5, 0.6) is 0 Å². The van der Waals surface area contributed by atoms with Crippen molar-refractivity contribution < 1.29 is 0 Å². The first-order valence-corrected chi connectivity index (χ1v) is 6.49. The molecule has 0 saturated heterocycles. The minimum Gasteiger partial charge on any atom is -0.397 e. The smallest absolute Gasteiger partial charge is 0.0574 e. The van der Waals surface area contributed by atoms with Gasteiger partial charge in [0.25, 0.3) is 0 Å². The van der Waals surface area contributed by atoms with E-state index >= 15 is 0 Å². The molecule has 3 N–H and O–H groups in total. The molecule has 2 aromatic rings. The third-order valence-corrected chi connectivity index (χ3v) is 3.37. The predicted molar refractivity (Wildman–Crippen MR) is 81.3 cm³/mol. The van der Waals surface area contributed by atoms with Crippen molar-refractivity contribution in [3.8, 4) is 0 Å². The Labute approximate surface area is 114 Å². The van der Waals surface area contributed by atoms with Gasteiger partial charge in [0.05, 0.1) is 11.4 Å². The standard InChI is InChI=1S/C16H21N3/c1-12-6-7-15(14(17)9-12)19-11-16(2,3)13-5-4-8-18-10-13/h4-10,19H,11,17H2,1-3H3. The number of nitrogens with zero attached hydrogens (tertiary/aromatic N) is 1. The molecule has 0 amide bonds. The average molecular weight is 255 g/mol. The van der Waals surface area contributed by atoms with E-state index in [4.69, 9.17) is 5.73 Å². The van der Waals surface area contributed by atoms with Crippen LogP contribution < -0.4 is 11.1 Å². The maximum atomic E-state index is 6.01. The second kappa shape index (κ2) is 5.31. The molecule has 0 aliphatic rings. The molecule has 2 rings (SSSR count). The van der Waals surface area contributed by atoms with Crippen molar-refractivity contribution in [1.29, 1.82) is 0 Å². The minimum atomic E-state index is 0.00554. The summed E-state index contributed by atoms with van der Waals surface area (Å²) in [6.07, 6.45) is 3.71. The number of nitrogens with two attached hydrogens (primary N) is 1. The molecule has 0 aliphatic carbocycles. The summed E-state index contributed by atoms with van der Waals surface area (Å²) in [6.45, 7) is 7.24. The molecule has 0 unspecified atom stereocenters. The molecule has 3 heteroatoms. The van der Waals surface area contributed by atoms with Crippen molar-refractivity contribution in [2.45, 2.75) is 26.2 Å². The van der Waals surface area contributed by atoms with Crippen LogP contribution in [0, 0.1) is 6.92 Å². The van der Waals surface area contributed by atoms with Gasteiger partial charge >= 0.3 is 0 Å². The molecule has 1 heterocycles. The van der Waals surface area contributed by atoms with Gasteiger partial charge < -0.3 is 11.1 Å². The summed E-state index contributed by atoms with van der Waals surface area (Å²) in [7, 11) is 0. The number of rotatable bonds is 4. The van der Waals surface area contributed by atoms with Crippen LogP contribution in [0.25, 0.3) is 0 Å². The van der Waals surface area contributed by atoms with Crippen LogP contribution in [-0.4, -0.2) is 11.5 Å². The van der Waals surface area contributed by atoms with Gasteiger partial charge in [-0.05, 0) is 36.2 Å². The highest BCUT2D eigenvalue weighted by Gasteiger charge is 2.20. The Kier molecular flexibility index (Phi) is 3.74. The third kappa shape index (κ3) is 3.25. The zero-order chi connectivity index (χ0) is 13.9. The van der Waals surface area contributed by atoms with Crippen LogP contribution in [0.1, 0.15) is 25.0 Å². The Morgan fingerprint density at radius 2 is 2.05 bits per heavy atom. The predicted octanol–water partition coefficient (Wildman–Crippen LogP) is 3.36. The van der Waals surface area contributed by atoms with E-state index in [0.29, 0.717) is 0 Å². The molecule has 3 nitrogen and oxygen atoms in total. The monoisotopic (exact) mass is 255 g/mol. The highest BCUT2D eigenvalue weighted by molar-refractivity contribution is 5.67. The van der Waals surface area contributed by atoms with Crippen LogP contribution in [0.2, 0.25) is 0 Å². The zero-order valence-corrected chi connectivity index (χ0v) is 11.8. The van der Waals surface area contributed by atoms with Crippen molar-refractivity contribution in [2.75, 3.05) is 17.6 Å². The van der Waals surface area contributed by atoms with E-state index in [1.54, 1.807) is 6.20 Å². The van der Waals surface area contributed by atoms with Gasteiger partial charge in [-0.25, -0.2) is 0 Å². The second-order valence-corrected chi connectivity index (χ2v) is 5.57. The number of aryl methyl sites for hydroxylation is 1. The van der Waals surface area contributed by atoms with Crippen molar-refractivity contribution in [3.63, 3.8) is 0 Å². The molecule has 0 bridgehead atoms. The molecular weight excluding hydrogens is 234 g/mol. The van der Waals surface area contributed by atoms with E-state index in [1.807, 2.05) is 31.3 Å². The van der Waals surface area contributed by atoms with Gasteiger partial charge in [-0.3, -0.25) is 4.98 Å². The third-order valence-electron chi connectivity index (χ3n) is 3.37. The normalized spacial score (nSPS) is 11.3. The fourth-order valence-corrected chi connectivity index (χ4v) is 2.02. The minimum absolute atomic E-state index is 0.00554. The summed E-state index contributed by atoms with van der Waals surface area (Å²) >= 11 is 0. The van der Waals surface area contributed by atoms with Crippen LogP contribution in [0.15, 0.2) is 42.7 Å². The number of anilines is 2. The zero-order valence-electron chi connectivity index (χ0n) is 11.8. The highest BCUT2D eigenvalue weighted by Crippen LogP contribution is 2.25. The first-order valence-electron chi connectivity index (χ1n) is 6.49. The Bertz CT molecular complexity index is 547. The largest absolute Gasteiger partial charge is 0.397 e. The lowest BCUT2D eigenvalue weighted by molar-refractivity contribution is 0.555. The van der Waals surface area contributed by atoms with Gasteiger partial charge in [0.2, 0.25) is 0 Å². The lowest BCUT2D eigenvalue weighted by Crippen LogP contribution is -2.28. The van der Waals surface area contributed by atoms with Gasteiger partial charge in [-0.15, -0.1) is 0 Å². The maximum Gasteiger partial charge on any atom is 0.0574 e. The van der Waals surface area contributed by atoms with Gasteiger partial charge in [-0.1, -0.05) is 26.0 Å². The molecule has 19 heavy (non-hydrogen) atoms. The van der Waals surface area contributed by atoms with E-state index in [2.05, 4.69) is 36.3 Å². The van der Waals surface area contributed by atoms with Crippen molar-refractivity contribution in [1.82, 2.24) is 4.98 Å². The van der Waals surface area contributed by atoms with Crippen molar-refractivity contribution in [3.05, 3.63) is 53.9 Å². The van der Waals surface area contributed by atoms with Crippen LogP contribution >= 0.6 is 0 Å². The molecule has 1 aromatic heterocycles. The number of aromatic nitrogens is 1. The molecule has 100 valence electrons. The molecule has 0 atom stereocenters. The molecule has 0 radical (unpaired) electrons. The van der Waals surface area contributed by atoms with Crippen LogP contribution in [-0.2, 0) is 5.41 Å². The number of nitrogens with one attached hydrogen (secondary N) is 1. The highest BCUT2D eigenvalue weighted by atomic mass is 14.9. The first-order chi connectivity index (χ1) is 8.99. The quantitative estimate of drug-likeness (QED) is 0.824.